The van der Waals surface area contributed by atoms with Crippen LogP contribution < -0.4 is 10.6 Å². The fourth-order valence-corrected chi connectivity index (χ4v) is 2.18. The molecule has 0 aliphatic heterocycles. The molecular weight excluding hydrogens is 305 g/mol. The van der Waals surface area contributed by atoms with Gasteiger partial charge in [-0.2, -0.15) is 0 Å². The first-order chi connectivity index (χ1) is 8.22. The highest BCUT2D eigenvalue weighted by molar-refractivity contribution is 7.09. The van der Waals surface area contributed by atoms with Crippen LogP contribution in [0.3, 0.4) is 0 Å². The summed E-state index contributed by atoms with van der Waals surface area (Å²) in [4.78, 5) is 15.8. The number of nitrogens with zero attached hydrogens (tertiary/aromatic N) is 1. The lowest BCUT2D eigenvalue weighted by atomic mass is 10.2. The van der Waals surface area contributed by atoms with E-state index in [2.05, 4.69) is 21.0 Å². The molecule has 1 aromatic rings. The molecule has 0 aliphatic carbocycles. The number of carbonyl (C=O) groups excluding carboxylic acids is 1. The molecule has 4 nitrogen and oxygen atoms in total. The van der Waals surface area contributed by atoms with Gasteiger partial charge in [0.05, 0.1) is 10.7 Å². The smallest absolute Gasteiger partial charge is 0.220 e. The number of halogens is 2. The lowest BCUT2D eigenvalue weighted by Gasteiger charge is -2.04. The van der Waals surface area contributed by atoms with E-state index in [9.17, 15) is 4.79 Å². The average Bonchev–Trinajstić information content (AvgIpc) is 2.71. The maximum absolute atomic E-state index is 11.5. The molecule has 1 rings (SSSR count). The largest absolute Gasteiger partial charge is 0.356 e. The fraction of sp³-hybridized carbons (Fsp3) is 0.667. The van der Waals surface area contributed by atoms with E-state index in [4.69, 9.17) is 0 Å². The van der Waals surface area contributed by atoms with E-state index in [-0.39, 0.29) is 30.7 Å². The maximum Gasteiger partial charge on any atom is 0.220 e. The number of nitrogens with one attached hydrogen (secondary N) is 2. The Balaban J connectivity index is 0. The van der Waals surface area contributed by atoms with Gasteiger partial charge in [-0.25, -0.2) is 4.98 Å². The van der Waals surface area contributed by atoms with Crippen LogP contribution in [0.2, 0.25) is 0 Å². The van der Waals surface area contributed by atoms with Gasteiger partial charge in [-0.1, -0.05) is 0 Å². The summed E-state index contributed by atoms with van der Waals surface area (Å²) in [5.74, 6) is 0.146. The molecule has 0 saturated heterocycles. The first-order valence-corrected chi connectivity index (χ1v) is 6.92. The van der Waals surface area contributed by atoms with Gasteiger partial charge in [-0.15, -0.1) is 36.2 Å². The third kappa shape index (κ3) is 10.1. The molecule has 1 aromatic heterocycles. The predicted octanol–water partition coefficient (Wildman–Crippen LogP) is 2.34. The van der Waals surface area contributed by atoms with Crippen LogP contribution in [0.1, 0.15) is 30.0 Å². The predicted molar refractivity (Wildman–Crippen MR) is 85.8 cm³/mol. The van der Waals surface area contributed by atoms with Crippen molar-refractivity contribution in [1.29, 1.82) is 0 Å². The third-order valence-electron chi connectivity index (χ3n) is 2.43. The van der Waals surface area contributed by atoms with Gasteiger partial charge in [0.2, 0.25) is 5.91 Å². The highest BCUT2D eigenvalue weighted by atomic mass is 35.5. The quantitative estimate of drug-likeness (QED) is 0.720. The van der Waals surface area contributed by atoms with Crippen molar-refractivity contribution in [3.63, 3.8) is 0 Å². The van der Waals surface area contributed by atoms with Crippen LogP contribution in [0.4, 0.5) is 0 Å². The minimum absolute atomic E-state index is 0. The number of aryl methyl sites for hydroxylation is 2. The molecule has 2 N–H and O–H groups in total. The Morgan fingerprint density at radius 1 is 1.32 bits per heavy atom. The maximum atomic E-state index is 11.5. The van der Waals surface area contributed by atoms with Gasteiger partial charge in [0.15, 0.2) is 0 Å². The second kappa shape index (κ2) is 12.7. The minimum Gasteiger partial charge on any atom is -0.356 e. The number of hydrogen-bond acceptors (Lipinski definition) is 4. The summed E-state index contributed by atoms with van der Waals surface area (Å²) in [7, 11) is 1.91. The molecule has 0 aliphatic rings. The molecular formula is C12H23Cl2N3OS. The average molecular weight is 328 g/mol. The van der Waals surface area contributed by atoms with Crippen molar-refractivity contribution >= 4 is 42.1 Å². The molecule has 7 heteroatoms. The molecule has 0 fully saturated rings. The van der Waals surface area contributed by atoms with Crippen LogP contribution in [0.15, 0.2) is 5.38 Å². The van der Waals surface area contributed by atoms with E-state index in [0.29, 0.717) is 6.42 Å². The van der Waals surface area contributed by atoms with Crippen molar-refractivity contribution < 1.29 is 4.79 Å². The van der Waals surface area contributed by atoms with Crippen LogP contribution in [0.25, 0.3) is 0 Å². The lowest BCUT2D eigenvalue weighted by Crippen LogP contribution is -2.26. The third-order valence-corrected chi connectivity index (χ3v) is 3.25. The van der Waals surface area contributed by atoms with Crippen LogP contribution in [0.5, 0.6) is 0 Å². The summed E-state index contributed by atoms with van der Waals surface area (Å²) in [5, 5.41) is 9.13. The molecule has 112 valence electrons. The first-order valence-electron chi connectivity index (χ1n) is 6.04. The van der Waals surface area contributed by atoms with Crippen molar-refractivity contribution in [1.82, 2.24) is 15.6 Å². The summed E-state index contributed by atoms with van der Waals surface area (Å²) >= 11 is 1.66. The van der Waals surface area contributed by atoms with Crippen LogP contribution >= 0.6 is 36.2 Å². The van der Waals surface area contributed by atoms with E-state index in [1.807, 2.05) is 14.0 Å². The Morgan fingerprint density at radius 3 is 2.63 bits per heavy atom. The SMILES string of the molecule is CNCCCNC(=O)CCCc1csc(C)n1.Cl.Cl. The van der Waals surface area contributed by atoms with Gasteiger partial charge >= 0.3 is 0 Å². The highest BCUT2D eigenvalue weighted by Crippen LogP contribution is 2.10. The molecule has 1 heterocycles. The summed E-state index contributed by atoms with van der Waals surface area (Å²) < 4.78 is 0. The van der Waals surface area contributed by atoms with Gasteiger partial charge in [-0.3, -0.25) is 4.79 Å². The molecule has 0 spiro atoms. The normalized spacial score (nSPS) is 9.37. The molecule has 0 radical (unpaired) electrons. The van der Waals surface area contributed by atoms with Crippen LogP contribution in [0, 0.1) is 6.92 Å². The van der Waals surface area contributed by atoms with E-state index in [1.165, 1.54) is 0 Å². The second-order valence-electron chi connectivity index (χ2n) is 4.02. The van der Waals surface area contributed by atoms with Crippen molar-refractivity contribution in [2.24, 2.45) is 0 Å². The second-order valence-corrected chi connectivity index (χ2v) is 5.08. The molecule has 0 unspecified atom stereocenters. The standard InChI is InChI=1S/C12H21N3OS.2ClH/c1-10-15-11(9-17-10)5-3-6-12(16)14-8-4-7-13-2;;/h9,13H,3-8H2,1-2H3,(H,14,16);2*1H. The summed E-state index contributed by atoms with van der Waals surface area (Å²) in [6.45, 7) is 3.70. The van der Waals surface area contributed by atoms with E-state index >= 15 is 0 Å². The molecule has 0 aromatic carbocycles. The minimum atomic E-state index is 0. The lowest BCUT2D eigenvalue weighted by molar-refractivity contribution is -0.121. The van der Waals surface area contributed by atoms with E-state index < -0.39 is 0 Å². The van der Waals surface area contributed by atoms with Crippen LogP contribution in [-0.4, -0.2) is 31.0 Å². The van der Waals surface area contributed by atoms with Gasteiger partial charge in [-0.05, 0) is 39.8 Å². The zero-order valence-electron chi connectivity index (χ0n) is 11.4. The Bertz CT molecular complexity index is 347. The van der Waals surface area contributed by atoms with E-state index in [1.54, 1.807) is 11.3 Å². The van der Waals surface area contributed by atoms with Crippen LogP contribution in [-0.2, 0) is 11.2 Å². The monoisotopic (exact) mass is 327 g/mol. The van der Waals surface area contributed by atoms with Gasteiger partial charge in [0.1, 0.15) is 0 Å². The Labute approximate surface area is 131 Å². The van der Waals surface area contributed by atoms with Gasteiger partial charge in [0, 0.05) is 18.3 Å². The zero-order chi connectivity index (χ0) is 12.5. The summed E-state index contributed by atoms with van der Waals surface area (Å²) in [5.41, 5.74) is 1.11. The highest BCUT2D eigenvalue weighted by Gasteiger charge is 2.02. The Hall–Kier alpha value is -0.360. The van der Waals surface area contributed by atoms with Crippen molar-refractivity contribution in [3.8, 4) is 0 Å². The molecule has 0 saturated carbocycles. The molecule has 19 heavy (non-hydrogen) atoms. The number of aromatic nitrogens is 1. The Kier molecular flexibility index (Phi) is 14.0. The van der Waals surface area contributed by atoms with Gasteiger partial charge < -0.3 is 10.6 Å². The molecule has 1 amide bonds. The number of carbonyl (C=O) groups is 1. The number of rotatable bonds is 8. The van der Waals surface area contributed by atoms with E-state index in [0.717, 1.165) is 43.1 Å². The summed E-state index contributed by atoms with van der Waals surface area (Å²) in [6.07, 6.45) is 3.35. The first kappa shape index (κ1) is 20.9. The fourth-order valence-electron chi connectivity index (χ4n) is 1.53. The number of hydrogen-bond donors (Lipinski definition) is 2. The van der Waals surface area contributed by atoms with Crippen molar-refractivity contribution in [2.45, 2.75) is 32.6 Å². The number of amides is 1. The van der Waals surface area contributed by atoms with Gasteiger partial charge in [0.25, 0.3) is 0 Å². The molecule has 0 bridgehead atoms. The van der Waals surface area contributed by atoms with Crippen molar-refractivity contribution in [2.75, 3.05) is 20.1 Å². The Morgan fingerprint density at radius 2 is 2.05 bits per heavy atom. The number of thiazole rings is 1. The summed E-state index contributed by atoms with van der Waals surface area (Å²) in [6, 6.07) is 0. The zero-order valence-corrected chi connectivity index (χ0v) is 13.8. The molecule has 0 atom stereocenters. The van der Waals surface area contributed by atoms with Crippen molar-refractivity contribution in [3.05, 3.63) is 16.1 Å². The topological polar surface area (TPSA) is 54.0 Å².